The van der Waals surface area contributed by atoms with Crippen LogP contribution in [-0.4, -0.2) is 35.6 Å². The minimum absolute atomic E-state index is 0.0532. The second-order valence-electron chi connectivity index (χ2n) is 4.70. The van der Waals surface area contributed by atoms with Crippen LogP contribution >= 0.6 is 11.6 Å². The average Bonchev–Trinajstić information content (AvgIpc) is 2.57. The average molecular weight is 365 g/mol. The van der Waals surface area contributed by atoms with Gasteiger partial charge in [-0.3, -0.25) is 5.41 Å². The normalized spacial score (nSPS) is 10.0. The molecule has 0 aliphatic heterocycles. The van der Waals surface area contributed by atoms with Crippen LogP contribution in [0.5, 0.6) is 11.6 Å². The van der Waals surface area contributed by atoms with E-state index < -0.39 is 0 Å². The van der Waals surface area contributed by atoms with Crippen molar-refractivity contribution in [3.63, 3.8) is 0 Å². The van der Waals surface area contributed by atoms with E-state index in [1.807, 2.05) is 0 Å². The number of methoxy groups -OCH3 is 1. The van der Waals surface area contributed by atoms with Gasteiger partial charge < -0.3 is 25.8 Å². The zero-order valence-electron chi connectivity index (χ0n) is 13.6. The first-order valence-electron chi connectivity index (χ1n) is 7.21. The lowest BCUT2D eigenvalue weighted by molar-refractivity contribution is 0.252. The van der Waals surface area contributed by atoms with Gasteiger partial charge in [0.1, 0.15) is 23.5 Å². The molecule has 10 heteroatoms. The molecule has 0 saturated heterocycles. The standard InChI is InChI=1S/C15H17ClN6O3/c1-3-19-15(23)22-10-5-4-8(6-9(10)16)25-14-11(13(18)24-2)12(17)20-7-21-14/h4-7,18H,3H2,1-2H3,(H2,17,20,21)(H2,19,22,23). The van der Waals surface area contributed by atoms with Gasteiger partial charge in [0.05, 0.1) is 17.8 Å². The SMILES string of the molecule is CCNC(=O)Nc1ccc(Oc2ncnc(N)c2C(=N)OC)cc1Cl. The van der Waals surface area contributed by atoms with Gasteiger partial charge in [-0.1, -0.05) is 11.6 Å². The first-order chi connectivity index (χ1) is 12.0. The number of urea groups is 1. The first-order valence-corrected chi connectivity index (χ1v) is 7.59. The number of carbonyl (C=O) groups excluding carboxylic acids is 1. The van der Waals surface area contributed by atoms with Crippen molar-refractivity contribution in [1.82, 2.24) is 15.3 Å². The van der Waals surface area contributed by atoms with Crippen molar-refractivity contribution >= 4 is 35.0 Å². The van der Waals surface area contributed by atoms with Crippen molar-refractivity contribution in [2.75, 3.05) is 24.7 Å². The molecule has 0 radical (unpaired) electrons. The van der Waals surface area contributed by atoms with E-state index in [2.05, 4.69) is 20.6 Å². The summed E-state index contributed by atoms with van der Waals surface area (Å²) in [6.45, 7) is 2.30. The summed E-state index contributed by atoms with van der Waals surface area (Å²) in [7, 11) is 1.33. The predicted molar refractivity (Wildman–Crippen MR) is 94.5 cm³/mol. The number of rotatable bonds is 5. The smallest absolute Gasteiger partial charge is 0.319 e. The molecule has 0 unspecified atom stereocenters. The molecule has 2 amide bonds. The van der Waals surface area contributed by atoms with Gasteiger partial charge in [-0.2, -0.15) is 0 Å². The van der Waals surface area contributed by atoms with E-state index >= 15 is 0 Å². The molecule has 2 aromatic rings. The molecule has 0 bridgehead atoms. The first kappa shape index (κ1) is 18.3. The summed E-state index contributed by atoms with van der Waals surface area (Å²) in [5.41, 5.74) is 6.31. The summed E-state index contributed by atoms with van der Waals surface area (Å²) < 4.78 is 10.5. The number of amides is 2. The maximum atomic E-state index is 11.6. The fourth-order valence-electron chi connectivity index (χ4n) is 1.87. The number of carbonyl (C=O) groups is 1. The Morgan fingerprint density at radius 2 is 2.16 bits per heavy atom. The van der Waals surface area contributed by atoms with Crippen LogP contribution < -0.4 is 21.1 Å². The molecule has 1 aromatic carbocycles. The van der Waals surface area contributed by atoms with Crippen LogP contribution in [0, 0.1) is 5.41 Å². The largest absolute Gasteiger partial charge is 0.481 e. The number of nitrogens with one attached hydrogen (secondary N) is 3. The monoisotopic (exact) mass is 364 g/mol. The molecule has 9 nitrogen and oxygen atoms in total. The Balaban J connectivity index is 2.25. The van der Waals surface area contributed by atoms with E-state index in [9.17, 15) is 4.79 Å². The van der Waals surface area contributed by atoms with Crippen molar-refractivity contribution in [3.8, 4) is 11.6 Å². The molecular weight excluding hydrogens is 348 g/mol. The molecule has 5 N–H and O–H groups in total. The van der Waals surface area contributed by atoms with E-state index in [-0.39, 0.29) is 34.2 Å². The van der Waals surface area contributed by atoms with Crippen LogP contribution in [0.4, 0.5) is 16.3 Å². The molecule has 0 aliphatic carbocycles. The second-order valence-corrected chi connectivity index (χ2v) is 5.11. The Labute approximate surface area is 149 Å². The Kier molecular flexibility index (Phi) is 5.96. The van der Waals surface area contributed by atoms with Gasteiger partial charge in [0.25, 0.3) is 0 Å². The highest BCUT2D eigenvalue weighted by Crippen LogP contribution is 2.31. The third-order valence-corrected chi connectivity index (χ3v) is 3.33. The molecule has 0 aliphatic rings. The van der Waals surface area contributed by atoms with Crippen LogP contribution in [0.2, 0.25) is 5.02 Å². The van der Waals surface area contributed by atoms with Gasteiger partial charge in [0, 0.05) is 12.6 Å². The van der Waals surface area contributed by atoms with Gasteiger partial charge >= 0.3 is 6.03 Å². The van der Waals surface area contributed by atoms with Gasteiger partial charge in [-0.15, -0.1) is 0 Å². The second kappa shape index (κ2) is 8.15. The quantitative estimate of drug-likeness (QED) is 0.475. The highest BCUT2D eigenvalue weighted by Gasteiger charge is 2.17. The number of aromatic nitrogens is 2. The topological polar surface area (TPSA) is 135 Å². The molecule has 0 fully saturated rings. The summed E-state index contributed by atoms with van der Waals surface area (Å²) >= 11 is 6.15. The number of ether oxygens (including phenoxy) is 2. The summed E-state index contributed by atoms with van der Waals surface area (Å²) in [5, 5.41) is 13.3. The molecule has 0 saturated carbocycles. The van der Waals surface area contributed by atoms with Crippen LogP contribution in [-0.2, 0) is 4.74 Å². The van der Waals surface area contributed by atoms with Crippen LogP contribution in [0.3, 0.4) is 0 Å². The molecule has 2 rings (SSSR count). The molecule has 25 heavy (non-hydrogen) atoms. The van der Waals surface area contributed by atoms with Crippen LogP contribution in [0.25, 0.3) is 0 Å². The van der Waals surface area contributed by atoms with Crippen molar-refractivity contribution in [2.24, 2.45) is 0 Å². The Bertz CT molecular complexity index is 799. The maximum absolute atomic E-state index is 11.6. The number of nitrogen functional groups attached to an aromatic ring is 1. The summed E-state index contributed by atoms with van der Waals surface area (Å²) in [4.78, 5) is 19.3. The zero-order valence-corrected chi connectivity index (χ0v) is 14.3. The van der Waals surface area contributed by atoms with Crippen LogP contribution in [0.15, 0.2) is 24.5 Å². The van der Waals surface area contributed by atoms with E-state index in [1.165, 1.54) is 19.5 Å². The molecule has 0 atom stereocenters. The number of nitrogens with zero attached hydrogens (tertiary/aromatic N) is 2. The maximum Gasteiger partial charge on any atom is 0.319 e. The van der Waals surface area contributed by atoms with Crippen molar-refractivity contribution in [1.29, 1.82) is 5.41 Å². The van der Waals surface area contributed by atoms with E-state index in [0.717, 1.165) is 0 Å². The third kappa shape index (κ3) is 4.48. The zero-order chi connectivity index (χ0) is 18.4. The number of hydrogen-bond acceptors (Lipinski definition) is 7. The van der Waals surface area contributed by atoms with Crippen LogP contribution in [0.1, 0.15) is 12.5 Å². The van der Waals surface area contributed by atoms with E-state index in [4.69, 9.17) is 32.2 Å². The lowest BCUT2D eigenvalue weighted by atomic mass is 10.2. The Morgan fingerprint density at radius 1 is 1.40 bits per heavy atom. The fourth-order valence-corrected chi connectivity index (χ4v) is 2.09. The van der Waals surface area contributed by atoms with Crippen molar-refractivity contribution in [3.05, 3.63) is 35.1 Å². The fraction of sp³-hybridized carbons (Fsp3) is 0.200. The summed E-state index contributed by atoms with van der Waals surface area (Å²) in [5.74, 6) is 0.223. The van der Waals surface area contributed by atoms with E-state index in [1.54, 1.807) is 19.1 Å². The molecular formula is C15H17ClN6O3. The number of hydrogen-bond donors (Lipinski definition) is 4. The van der Waals surface area contributed by atoms with Crippen molar-refractivity contribution < 1.29 is 14.3 Å². The van der Waals surface area contributed by atoms with Crippen molar-refractivity contribution in [2.45, 2.75) is 6.92 Å². The van der Waals surface area contributed by atoms with Gasteiger partial charge in [0.15, 0.2) is 0 Å². The molecule has 1 heterocycles. The Morgan fingerprint density at radius 3 is 2.80 bits per heavy atom. The lowest BCUT2D eigenvalue weighted by Crippen LogP contribution is -2.28. The third-order valence-electron chi connectivity index (χ3n) is 3.01. The predicted octanol–water partition coefficient (Wildman–Crippen LogP) is 2.62. The van der Waals surface area contributed by atoms with E-state index in [0.29, 0.717) is 18.0 Å². The lowest BCUT2D eigenvalue weighted by Gasteiger charge is -2.13. The number of halogens is 1. The molecule has 132 valence electrons. The summed E-state index contributed by atoms with van der Waals surface area (Å²) in [6, 6.07) is 4.31. The molecule has 0 spiro atoms. The summed E-state index contributed by atoms with van der Waals surface area (Å²) in [6.07, 6.45) is 1.21. The molecule has 1 aromatic heterocycles. The highest BCUT2D eigenvalue weighted by molar-refractivity contribution is 6.33. The van der Waals surface area contributed by atoms with Gasteiger partial charge in [0.2, 0.25) is 11.8 Å². The minimum Gasteiger partial charge on any atom is -0.481 e. The highest BCUT2D eigenvalue weighted by atomic mass is 35.5. The minimum atomic E-state index is -0.363. The number of nitrogens with two attached hydrogens (primary N) is 1. The van der Waals surface area contributed by atoms with Gasteiger partial charge in [-0.25, -0.2) is 14.8 Å². The Hall–Kier alpha value is -3.07. The number of benzene rings is 1. The van der Waals surface area contributed by atoms with Gasteiger partial charge in [-0.05, 0) is 19.1 Å². The number of anilines is 2.